The van der Waals surface area contributed by atoms with Crippen molar-refractivity contribution in [2.24, 2.45) is 10.9 Å². The number of amidine groups is 1. The Morgan fingerprint density at radius 2 is 2.18 bits per heavy atom. The van der Waals surface area contributed by atoms with Crippen LogP contribution in [0, 0.1) is 0 Å². The van der Waals surface area contributed by atoms with Gasteiger partial charge >= 0.3 is 0 Å². The molecule has 0 amide bonds. The molecule has 6 nitrogen and oxygen atoms in total. The lowest BCUT2D eigenvalue weighted by Crippen LogP contribution is -2.14. The molecule has 0 bridgehead atoms. The number of nitrogens with two attached hydrogens (primary N) is 1. The molecule has 0 atom stereocenters. The molecule has 0 aliphatic rings. The number of aromatic nitrogens is 3. The van der Waals surface area contributed by atoms with Crippen molar-refractivity contribution in [3.63, 3.8) is 0 Å². The summed E-state index contributed by atoms with van der Waals surface area (Å²) in [4.78, 5) is 12.1. The van der Waals surface area contributed by atoms with Gasteiger partial charge in [0, 0.05) is 6.20 Å². The van der Waals surface area contributed by atoms with E-state index in [2.05, 4.69) is 20.1 Å². The van der Waals surface area contributed by atoms with Crippen molar-refractivity contribution in [1.82, 2.24) is 15.0 Å². The summed E-state index contributed by atoms with van der Waals surface area (Å²) in [6.45, 7) is 0. The van der Waals surface area contributed by atoms with E-state index in [0.717, 1.165) is 5.03 Å². The molecule has 2 heterocycles. The van der Waals surface area contributed by atoms with E-state index < -0.39 is 0 Å². The third-order valence-corrected chi connectivity index (χ3v) is 2.74. The fraction of sp³-hybridized carbons (Fsp3) is 0. The quantitative estimate of drug-likeness (QED) is 0.277. The molecular formula is C10H9N5OS. The average Bonchev–Trinajstić information content (AvgIpc) is 2.39. The summed E-state index contributed by atoms with van der Waals surface area (Å²) >= 11 is 1.38. The van der Waals surface area contributed by atoms with Crippen LogP contribution in [0.4, 0.5) is 0 Å². The Bertz CT molecular complexity index is 531. The standard InChI is InChI=1S/C10H9N5OS/c11-10(15-16)7-2-1-3-9(14-7)17-8-4-5-12-6-13-8/h1-6,16H,(H2,11,15). The van der Waals surface area contributed by atoms with Crippen LogP contribution in [0.15, 0.2) is 52.0 Å². The van der Waals surface area contributed by atoms with Crippen LogP contribution in [-0.2, 0) is 0 Å². The topological polar surface area (TPSA) is 97.3 Å². The van der Waals surface area contributed by atoms with Crippen molar-refractivity contribution in [2.75, 3.05) is 0 Å². The minimum Gasteiger partial charge on any atom is -0.409 e. The van der Waals surface area contributed by atoms with Gasteiger partial charge < -0.3 is 10.9 Å². The molecule has 0 spiro atoms. The second kappa shape index (κ2) is 5.26. The highest BCUT2D eigenvalue weighted by Crippen LogP contribution is 2.23. The molecule has 86 valence electrons. The third kappa shape index (κ3) is 2.91. The first kappa shape index (κ1) is 11.3. The first-order valence-electron chi connectivity index (χ1n) is 4.68. The van der Waals surface area contributed by atoms with Crippen molar-refractivity contribution < 1.29 is 5.21 Å². The largest absolute Gasteiger partial charge is 0.409 e. The smallest absolute Gasteiger partial charge is 0.188 e. The fourth-order valence-corrected chi connectivity index (χ4v) is 1.85. The SMILES string of the molecule is NC(=NO)c1cccc(Sc2ccncn2)n1. The molecular weight excluding hydrogens is 238 g/mol. The average molecular weight is 247 g/mol. The van der Waals surface area contributed by atoms with Gasteiger partial charge in [-0.15, -0.1) is 0 Å². The van der Waals surface area contributed by atoms with Gasteiger partial charge in [-0.1, -0.05) is 11.2 Å². The van der Waals surface area contributed by atoms with Crippen molar-refractivity contribution in [3.8, 4) is 0 Å². The second-order valence-corrected chi connectivity index (χ2v) is 4.04. The summed E-state index contributed by atoms with van der Waals surface area (Å²) in [6, 6.07) is 7.05. The minimum atomic E-state index is -0.0184. The van der Waals surface area contributed by atoms with Gasteiger partial charge in [0.15, 0.2) is 5.84 Å². The maximum Gasteiger partial charge on any atom is 0.188 e. The van der Waals surface area contributed by atoms with Gasteiger partial charge in [0.05, 0.1) is 0 Å². The summed E-state index contributed by atoms with van der Waals surface area (Å²) in [7, 11) is 0. The van der Waals surface area contributed by atoms with Gasteiger partial charge in [-0.2, -0.15) is 0 Å². The summed E-state index contributed by atoms with van der Waals surface area (Å²) in [5.41, 5.74) is 5.88. The summed E-state index contributed by atoms with van der Waals surface area (Å²) in [5, 5.41) is 13.0. The van der Waals surface area contributed by atoms with Crippen LogP contribution in [-0.4, -0.2) is 26.0 Å². The second-order valence-electron chi connectivity index (χ2n) is 3.00. The van der Waals surface area contributed by atoms with Gasteiger partial charge in [0.1, 0.15) is 22.1 Å². The molecule has 17 heavy (non-hydrogen) atoms. The van der Waals surface area contributed by atoms with Gasteiger partial charge in [-0.25, -0.2) is 15.0 Å². The molecule has 2 aromatic rings. The predicted octanol–water partition coefficient (Wildman–Crippen LogP) is 1.12. The molecule has 2 aromatic heterocycles. The van der Waals surface area contributed by atoms with Crippen LogP contribution in [0.3, 0.4) is 0 Å². The molecule has 0 aliphatic heterocycles. The zero-order valence-corrected chi connectivity index (χ0v) is 9.50. The number of hydrogen-bond donors (Lipinski definition) is 2. The number of rotatable bonds is 3. The van der Waals surface area contributed by atoms with Crippen LogP contribution < -0.4 is 5.73 Å². The Hall–Kier alpha value is -2.15. The number of hydrogen-bond acceptors (Lipinski definition) is 6. The van der Waals surface area contributed by atoms with Crippen LogP contribution in [0.25, 0.3) is 0 Å². The molecule has 0 unspecified atom stereocenters. The van der Waals surface area contributed by atoms with Crippen LogP contribution >= 0.6 is 11.8 Å². The van der Waals surface area contributed by atoms with Crippen molar-refractivity contribution in [3.05, 3.63) is 42.5 Å². The van der Waals surface area contributed by atoms with E-state index in [9.17, 15) is 0 Å². The molecule has 0 saturated carbocycles. The van der Waals surface area contributed by atoms with E-state index in [1.165, 1.54) is 18.1 Å². The molecule has 0 saturated heterocycles. The molecule has 0 radical (unpaired) electrons. The van der Waals surface area contributed by atoms with Crippen molar-refractivity contribution in [1.29, 1.82) is 0 Å². The van der Waals surface area contributed by atoms with E-state index in [1.807, 2.05) is 6.07 Å². The van der Waals surface area contributed by atoms with E-state index in [4.69, 9.17) is 10.9 Å². The number of oxime groups is 1. The van der Waals surface area contributed by atoms with E-state index in [-0.39, 0.29) is 5.84 Å². The zero-order chi connectivity index (χ0) is 12.1. The lowest BCUT2D eigenvalue weighted by molar-refractivity contribution is 0.318. The Balaban J connectivity index is 2.23. The van der Waals surface area contributed by atoms with E-state index in [0.29, 0.717) is 10.7 Å². The van der Waals surface area contributed by atoms with Gasteiger partial charge in [-0.3, -0.25) is 0 Å². The number of nitrogens with zero attached hydrogens (tertiary/aromatic N) is 4. The maximum absolute atomic E-state index is 8.56. The highest BCUT2D eigenvalue weighted by molar-refractivity contribution is 7.99. The fourth-order valence-electron chi connectivity index (χ4n) is 1.11. The minimum absolute atomic E-state index is 0.0184. The molecule has 0 aliphatic carbocycles. The monoisotopic (exact) mass is 247 g/mol. The molecule has 2 rings (SSSR count). The van der Waals surface area contributed by atoms with Crippen LogP contribution in [0.2, 0.25) is 0 Å². The lowest BCUT2D eigenvalue weighted by Gasteiger charge is -2.02. The van der Waals surface area contributed by atoms with Crippen LogP contribution in [0.1, 0.15) is 5.69 Å². The normalized spacial score (nSPS) is 11.4. The van der Waals surface area contributed by atoms with Crippen LogP contribution in [0.5, 0.6) is 0 Å². The Morgan fingerprint density at radius 3 is 2.88 bits per heavy atom. The molecule has 0 fully saturated rings. The first-order chi connectivity index (χ1) is 8.29. The number of pyridine rings is 1. The highest BCUT2D eigenvalue weighted by atomic mass is 32.2. The maximum atomic E-state index is 8.56. The summed E-state index contributed by atoms with van der Waals surface area (Å²) < 4.78 is 0. The molecule has 7 heteroatoms. The Morgan fingerprint density at radius 1 is 1.29 bits per heavy atom. The van der Waals surface area contributed by atoms with E-state index >= 15 is 0 Å². The molecule has 0 aromatic carbocycles. The van der Waals surface area contributed by atoms with Crippen molar-refractivity contribution >= 4 is 17.6 Å². The predicted molar refractivity (Wildman–Crippen MR) is 62.9 cm³/mol. The van der Waals surface area contributed by atoms with Gasteiger partial charge in [-0.05, 0) is 30.0 Å². The summed E-state index contributed by atoms with van der Waals surface area (Å²) in [5.74, 6) is -0.0184. The highest BCUT2D eigenvalue weighted by Gasteiger charge is 2.04. The van der Waals surface area contributed by atoms with Crippen molar-refractivity contribution in [2.45, 2.75) is 10.1 Å². The first-order valence-corrected chi connectivity index (χ1v) is 5.50. The third-order valence-electron chi connectivity index (χ3n) is 1.86. The lowest BCUT2D eigenvalue weighted by atomic mass is 10.3. The Labute approximate surface area is 102 Å². The zero-order valence-electron chi connectivity index (χ0n) is 8.69. The summed E-state index contributed by atoms with van der Waals surface area (Å²) in [6.07, 6.45) is 3.12. The molecule has 3 N–H and O–H groups in total. The Kier molecular flexibility index (Phi) is 3.51. The van der Waals surface area contributed by atoms with E-state index in [1.54, 1.807) is 24.4 Å². The van der Waals surface area contributed by atoms with Gasteiger partial charge in [0.2, 0.25) is 0 Å². The van der Waals surface area contributed by atoms with Gasteiger partial charge in [0.25, 0.3) is 0 Å².